The molecule has 23 heavy (non-hydrogen) atoms. The SMILES string of the molecule is CC(=O)c1ccc(S(=O)(=O)NC2CCN(c3nccs3)C2)cc1. The molecule has 0 amide bonds. The van der Waals surface area contributed by atoms with Crippen molar-refractivity contribution >= 4 is 32.3 Å². The molecule has 1 aliphatic heterocycles. The van der Waals surface area contributed by atoms with Gasteiger partial charge in [-0.2, -0.15) is 0 Å². The van der Waals surface area contributed by atoms with Crippen LogP contribution in [0.25, 0.3) is 0 Å². The number of nitrogens with zero attached hydrogens (tertiary/aromatic N) is 2. The molecular weight excluding hydrogens is 334 g/mol. The molecule has 0 bridgehead atoms. The lowest BCUT2D eigenvalue weighted by atomic mass is 10.2. The second kappa shape index (κ2) is 6.38. The molecule has 6 nitrogen and oxygen atoms in total. The zero-order valence-electron chi connectivity index (χ0n) is 12.6. The topological polar surface area (TPSA) is 79.4 Å². The maximum absolute atomic E-state index is 12.4. The van der Waals surface area contributed by atoms with E-state index in [0.29, 0.717) is 12.1 Å². The number of nitrogens with one attached hydrogen (secondary N) is 1. The van der Waals surface area contributed by atoms with Crippen molar-refractivity contribution < 1.29 is 13.2 Å². The van der Waals surface area contributed by atoms with Gasteiger partial charge in [-0.05, 0) is 25.5 Å². The van der Waals surface area contributed by atoms with Gasteiger partial charge >= 0.3 is 0 Å². The Kier molecular flexibility index (Phi) is 4.47. The summed E-state index contributed by atoms with van der Waals surface area (Å²) < 4.78 is 27.6. The van der Waals surface area contributed by atoms with Crippen LogP contribution in [-0.4, -0.2) is 38.3 Å². The molecule has 3 rings (SSSR count). The Labute approximate surface area is 139 Å². The Hall–Kier alpha value is -1.77. The van der Waals surface area contributed by atoms with Crippen molar-refractivity contribution in [3.05, 3.63) is 41.4 Å². The maximum Gasteiger partial charge on any atom is 0.240 e. The summed E-state index contributed by atoms with van der Waals surface area (Å²) in [5.41, 5.74) is 0.500. The zero-order valence-corrected chi connectivity index (χ0v) is 14.2. The minimum atomic E-state index is -3.58. The van der Waals surface area contributed by atoms with Crippen LogP contribution in [0.3, 0.4) is 0 Å². The molecule has 0 spiro atoms. The third-order valence-corrected chi connectivity index (χ3v) is 6.14. The average Bonchev–Trinajstić information content (AvgIpc) is 3.18. The monoisotopic (exact) mass is 351 g/mol. The van der Waals surface area contributed by atoms with E-state index in [-0.39, 0.29) is 16.7 Å². The minimum absolute atomic E-state index is 0.0863. The van der Waals surface area contributed by atoms with E-state index in [0.717, 1.165) is 18.1 Å². The van der Waals surface area contributed by atoms with Crippen LogP contribution < -0.4 is 9.62 Å². The number of anilines is 1. The molecule has 0 radical (unpaired) electrons. The molecule has 2 aromatic rings. The van der Waals surface area contributed by atoms with Gasteiger partial charge in [0, 0.05) is 36.3 Å². The lowest BCUT2D eigenvalue weighted by molar-refractivity contribution is 0.101. The third-order valence-electron chi connectivity index (χ3n) is 3.77. The van der Waals surface area contributed by atoms with Crippen molar-refractivity contribution in [2.24, 2.45) is 0 Å². The fraction of sp³-hybridized carbons (Fsp3) is 0.333. The molecule has 0 saturated carbocycles. The van der Waals surface area contributed by atoms with Crippen LogP contribution in [0.15, 0.2) is 40.7 Å². The summed E-state index contributed by atoms with van der Waals surface area (Å²) in [6, 6.07) is 5.86. The average molecular weight is 351 g/mol. The van der Waals surface area contributed by atoms with Crippen molar-refractivity contribution in [2.45, 2.75) is 24.3 Å². The molecule has 1 N–H and O–H groups in total. The molecule has 1 fully saturated rings. The minimum Gasteiger partial charge on any atom is -0.346 e. The number of ketones is 1. The number of carbonyl (C=O) groups is 1. The summed E-state index contributed by atoms with van der Waals surface area (Å²) in [7, 11) is -3.58. The Bertz CT molecular complexity index is 786. The van der Waals surface area contributed by atoms with Crippen LogP contribution >= 0.6 is 11.3 Å². The van der Waals surface area contributed by atoms with Gasteiger partial charge in [0.25, 0.3) is 0 Å². The van der Waals surface area contributed by atoms with Crippen LogP contribution in [-0.2, 0) is 10.0 Å². The zero-order chi connectivity index (χ0) is 16.4. The molecule has 122 valence electrons. The summed E-state index contributed by atoms with van der Waals surface area (Å²) in [6.07, 6.45) is 2.48. The predicted molar refractivity (Wildman–Crippen MR) is 89.5 cm³/mol. The largest absolute Gasteiger partial charge is 0.346 e. The number of thiazole rings is 1. The fourth-order valence-corrected chi connectivity index (χ4v) is 4.50. The number of hydrogen-bond acceptors (Lipinski definition) is 6. The molecule has 1 unspecified atom stereocenters. The summed E-state index contributed by atoms with van der Waals surface area (Å²) in [5, 5.41) is 2.82. The third kappa shape index (κ3) is 3.60. The molecule has 1 saturated heterocycles. The van der Waals surface area contributed by atoms with Crippen LogP contribution in [0.1, 0.15) is 23.7 Å². The number of carbonyl (C=O) groups excluding carboxylic acids is 1. The molecule has 1 atom stereocenters. The second-order valence-electron chi connectivity index (χ2n) is 5.45. The quantitative estimate of drug-likeness (QED) is 0.833. The molecular formula is C15H17N3O3S2. The first-order valence-corrected chi connectivity index (χ1v) is 9.60. The van der Waals surface area contributed by atoms with Gasteiger partial charge < -0.3 is 4.90 Å². The normalized spacial score (nSPS) is 18.3. The summed E-state index contributed by atoms with van der Waals surface area (Å²) in [6.45, 7) is 2.84. The van der Waals surface area contributed by atoms with Crippen LogP contribution in [0.4, 0.5) is 5.13 Å². The van der Waals surface area contributed by atoms with E-state index in [1.54, 1.807) is 17.5 Å². The molecule has 1 aromatic carbocycles. The molecule has 2 heterocycles. The van der Waals surface area contributed by atoms with Gasteiger partial charge in [-0.3, -0.25) is 4.79 Å². The highest BCUT2D eigenvalue weighted by Crippen LogP contribution is 2.23. The lowest BCUT2D eigenvalue weighted by Crippen LogP contribution is -2.37. The lowest BCUT2D eigenvalue weighted by Gasteiger charge is -2.16. The number of Topliss-reactive ketones (excluding diaryl/α,β-unsaturated/α-hetero) is 1. The van der Waals surface area contributed by atoms with Gasteiger partial charge in [0.1, 0.15) is 0 Å². The van der Waals surface area contributed by atoms with Crippen molar-refractivity contribution in [1.29, 1.82) is 0 Å². The highest BCUT2D eigenvalue weighted by atomic mass is 32.2. The molecule has 0 aliphatic carbocycles. The molecule has 1 aromatic heterocycles. The summed E-state index contributed by atoms with van der Waals surface area (Å²) >= 11 is 1.55. The van der Waals surface area contributed by atoms with Crippen molar-refractivity contribution in [1.82, 2.24) is 9.71 Å². The smallest absolute Gasteiger partial charge is 0.240 e. The van der Waals surface area contributed by atoms with E-state index in [1.807, 2.05) is 5.38 Å². The highest BCUT2D eigenvalue weighted by Gasteiger charge is 2.28. The van der Waals surface area contributed by atoms with Crippen molar-refractivity contribution in [2.75, 3.05) is 18.0 Å². The van der Waals surface area contributed by atoms with E-state index in [4.69, 9.17) is 0 Å². The number of sulfonamides is 1. The van der Waals surface area contributed by atoms with Crippen LogP contribution in [0, 0.1) is 0 Å². The first kappa shape index (κ1) is 16.1. The molecule has 1 aliphatic rings. The van der Waals surface area contributed by atoms with Gasteiger partial charge in [0.15, 0.2) is 10.9 Å². The Morgan fingerprint density at radius 2 is 2.09 bits per heavy atom. The second-order valence-corrected chi connectivity index (χ2v) is 8.04. The van der Waals surface area contributed by atoms with Gasteiger partial charge in [0.2, 0.25) is 10.0 Å². The number of hydrogen-bond donors (Lipinski definition) is 1. The van der Waals surface area contributed by atoms with Gasteiger partial charge in [-0.1, -0.05) is 12.1 Å². The van der Waals surface area contributed by atoms with Crippen LogP contribution in [0.5, 0.6) is 0 Å². The maximum atomic E-state index is 12.4. The van der Waals surface area contributed by atoms with E-state index in [2.05, 4.69) is 14.6 Å². The van der Waals surface area contributed by atoms with E-state index in [9.17, 15) is 13.2 Å². The Morgan fingerprint density at radius 3 is 2.70 bits per heavy atom. The van der Waals surface area contributed by atoms with Crippen molar-refractivity contribution in [3.8, 4) is 0 Å². The Balaban J connectivity index is 1.68. The first-order valence-electron chi connectivity index (χ1n) is 7.23. The first-order chi connectivity index (χ1) is 11.0. The van der Waals surface area contributed by atoms with Crippen molar-refractivity contribution in [3.63, 3.8) is 0 Å². The van der Waals surface area contributed by atoms with Crippen LogP contribution in [0.2, 0.25) is 0 Å². The standard InChI is InChI=1S/C15H17N3O3S2/c1-11(19)12-2-4-14(5-3-12)23(20,21)17-13-6-8-18(10-13)15-16-7-9-22-15/h2-5,7,9,13,17H,6,8,10H2,1H3. The van der Waals surface area contributed by atoms with Gasteiger partial charge in [-0.25, -0.2) is 18.1 Å². The highest BCUT2D eigenvalue weighted by molar-refractivity contribution is 7.89. The van der Waals surface area contributed by atoms with E-state index in [1.165, 1.54) is 31.2 Å². The summed E-state index contributed by atoms with van der Waals surface area (Å²) in [5.74, 6) is -0.0863. The molecule has 8 heteroatoms. The van der Waals surface area contributed by atoms with Gasteiger partial charge in [0.05, 0.1) is 4.90 Å². The number of benzene rings is 1. The fourth-order valence-electron chi connectivity index (χ4n) is 2.56. The van der Waals surface area contributed by atoms with E-state index >= 15 is 0 Å². The van der Waals surface area contributed by atoms with E-state index < -0.39 is 10.0 Å². The summed E-state index contributed by atoms with van der Waals surface area (Å²) in [4.78, 5) is 17.8. The number of aromatic nitrogens is 1. The Morgan fingerprint density at radius 1 is 1.35 bits per heavy atom. The van der Waals surface area contributed by atoms with Gasteiger partial charge in [-0.15, -0.1) is 11.3 Å². The predicted octanol–water partition coefficient (Wildman–Crippen LogP) is 1.90. The number of rotatable bonds is 5.